The van der Waals surface area contributed by atoms with Gasteiger partial charge in [0, 0.05) is 12.8 Å². The number of carboxylic acids is 1. The van der Waals surface area contributed by atoms with E-state index in [2.05, 4.69) is 26.0 Å². The van der Waals surface area contributed by atoms with Gasteiger partial charge in [-0.05, 0) is 64.2 Å². The number of unbranched alkanes of at least 4 members (excludes halogenated alkanes) is 21. The van der Waals surface area contributed by atoms with Crippen molar-refractivity contribution in [3.8, 4) is 0 Å². The number of aliphatic carboxylic acids is 1. The predicted molar refractivity (Wildman–Crippen MR) is 172 cm³/mol. The summed E-state index contributed by atoms with van der Waals surface area (Å²) >= 11 is 0. The standard InChI is InChI=1S/C36H68O4/c1-3-5-7-9-11-12-13-14-15-16-17-18-19-25-29-33-36(39)40-34(30-26-22-10-8-6-4-2)31-27-23-20-21-24-28-32-35(37)38/h14-15,34H,3-13,16-33H2,1-2H3,(H,37,38)/b15-14-. The Morgan fingerprint density at radius 2 is 0.900 bits per heavy atom. The summed E-state index contributed by atoms with van der Waals surface area (Å²) in [7, 11) is 0. The molecule has 0 fully saturated rings. The number of hydrogen-bond acceptors (Lipinski definition) is 3. The van der Waals surface area contributed by atoms with E-state index in [0.29, 0.717) is 6.42 Å². The Hall–Kier alpha value is -1.32. The maximum atomic E-state index is 12.5. The summed E-state index contributed by atoms with van der Waals surface area (Å²) in [5.41, 5.74) is 0. The first-order chi connectivity index (χ1) is 19.6. The third-order valence-electron chi connectivity index (χ3n) is 7.99. The minimum Gasteiger partial charge on any atom is -0.481 e. The maximum absolute atomic E-state index is 12.5. The lowest BCUT2D eigenvalue weighted by Gasteiger charge is -2.18. The van der Waals surface area contributed by atoms with Gasteiger partial charge in [-0.25, -0.2) is 0 Å². The third-order valence-corrected chi connectivity index (χ3v) is 7.99. The topological polar surface area (TPSA) is 63.6 Å². The van der Waals surface area contributed by atoms with Crippen LogP contribution in [0, 0.1) is 0 Å². The van der Waals surface area contributed by atoms with Crippen LogP contribution in [0.4, 0.5) is 0 Å². The molecule has 0 bridgehead atoms. The van der Waals surface area contributed by atoms with E-state index in [1.165, 1.54) is 103 Å². The van der Waals surface area contributed by atoms with E-state index >= 15 is 0 Å². The van der Waals surface area contributed by atoms with Gasteiger partial charge in [-0.3, -0.25) is 9.59 Å². The van der Waals surface area contributed by atoms with Gasteiger partial charge in [-0.2, -0.15) is 0 Å². The molecule has 1 N–H and O–H groups in total. The highest BCUT2D eigenvalue weighted by atomic mass is 16.5. The minimum absolute atomic E-state index is 0.00211. The molecule has 0 saturated carbocycles. The summed E-state index contributed by atoms with van der Waals surface area (Å²) in [4.78, 5) is 23.2. The number of allylic oxidation sites excluding steroid dienone is 2. The fourth-order valence-corrected chi connectivity index (χ4v) is 5.35. The molecule has 0 aromatic carbocycles. The first-order valence-electron chi connectivity index (χ1n) is 17.7. The van der Waals surface area contributed by atoms with Crippen LogP contribution in [-0.4, -0.2) is 23.1 Å². The summed E-state index contributed by atoms with van der Waals surface area (Å²) in [6.45, 7) is 4.52. The second kappa shape index (κ2) is 32.2. The lowest BCUT2D eigenvalue weighted by atomic mass is 10.0. The molecule has 236 valence electrons. The van der Waals surface area contributed by atoms with Gasteiger partial charge in [0.1, 0.15) is 6.10 Å². The van der Waals surface area contributed by atoms with Gasteiger partial charge in [0.15, 0.2) is 0 Å². The highest BCUT2D eigenvalue weighted by molar-refractivity contribution is 5.69. The molecule has 0 saturated heterocycles. The lowest BCUT2D eigenvalue weighted by Crippen LogP contribution is -2.18. The second-order valence-corrected chi connectivity index (χ2v) is 12.1. The van der Waals surface area contributed by atoms with Gasteiger partial charge < -0.3 is 9.84 Å². The molecule has 0 spiro atoms. The smallest absolute Gasteiger partial charge is 0.306 e. The molecule has 4 heteroatoms. The van der Waals surface area contributed by atoms with Crippen molar-refractivity contribution in [1.82, 2.24) is 0 Å². The van der Waals surface area contributed by atoms with Crippen molar-refractivity contribution in [2.75, 3.05) is 0 Å². The molecule has 0 aliphatic rings. The van der Waals surface area contributed by atoms with Crippen LogP contribution in [0.25, 0.3) is 0 Å². The van der Waals surface area contributed by atoms with Gasteiger partial charge in [0.05, 0.1) is 0 Å². The highest BCUT2D eigenvalue weighted by Crippen LogP contribution is 2.18. The zero-order valence-electron chi connectivity index (χ0n) is 26.9. The number of carbonyl (C=O) groups is 2. The van der Waals surface area contributed by atoms with E-state index in [-0.39, 0.29) is 18.5 Å². The summed E-state index contributed by atoms with van der Waals surface area (Å²) < 4.78 is 5.96. The van der Waals surface area contributed by atoms with E-state index in [1.807, 2.05) is 0 Å². The van der Waals surface area contributed by atoms with Crippen LogP contribution in [0.1, 0.15) is 200 Å². The molecule has 40 heavy (non-hydrogen) atoms. The van der Waals surface area contributed by atoms with Crippen LogP contribution >= 0.6 is 0 Å². The SMILES string of the molecule is CCCCCCCC/C=C\CCCCCCCC(=O)OC(CCCCCCCC)CCCCCCCCC(=O)O. The van der Waals surface area contributed by atoms with Gasteiger partial charge in [-0.1, -0.05) is 135 Å². The Morgan fingerprint density at radius 1 is 0.525 bits per heavy atom. The largest absolute Gasteiger partial charge is 0.481 e. The Bertz CT molecular complexity index is 571. The fourth-order valence-electron chi connectivity index (χ4n) is 5.35. The molecule has 0 aliphatic carbocycles. The second-order valence-electron chi connectivity index (χ2n) is 12.1. The first kappa shape index (κ1) is 38.7. The molecule has 0 amide bonds. The van der Waals surface area contributed by atoms with Crippen molar-refractivity contribution in [2.45, 2.75) is 206 Å². The van der Waals surface area contributed by atoms with Crippen molar-refractivity contribution in [3.63, 3.8) is 0 Å². The van der Waals surface area contributed by atoms with E-state index < -0.39 is 5.97 Å². The van der Waals surface area contributed by atoms with Gasteiger partial charge >= 0.3 is 11.9 Å². The molecule has 1 unspecified atom stereocenters. The van der Waals surface area contributed by atoms with Crippen molar-refractivity contribution >= 4 is 11.9 Å². The maximum Gasteiger partial charge on any atom is 0.306 e. The molecule has 4 nitrogen and oxygen atoms in total. The highest BCUT2D eigenvalue weighted by Gasteiger charge is 2.14. The van der Waals surface area contributed by atoms with E-state index in [1.54, 1.807) is 0 Å². The van der Waals surface area contributed by atoms with Crippen LogP contribution < -0.4 is 0 Å². The van der Waals surface area contributed by atoms with Crippen molar-refractivity contribution in [3.05, 3.63) is 12.2 Å². The Balaban J connectivity index is 3.93. The molecule has 0 aliphatic heterocycles. The fraction of sp³-hybridized carbons (Fsp3) is 0.889. The Labute approximate surface area is 249 Å². The summed E-state index contributed by atoms with van der Waals surface area (Å²) in [6, 6.07) is 0. The number of rotatable bonds is 32. The van der Waals surface area contributed by atoms with Gasteiger partial charge in [0.2, 0.25) is 0 Å². The predicted octanol–water partition coefficient (Wildman–Crippen LogP) is 11.9. The number of carboxylic acid groups (broad SMARTS) is 1. The van der Waals surface area contributed by atoms with Crippen LogP contribution in [0.15, 0.2) is 12.2 Å². The normalized spacial score (nSPS) is 12.2. The summed E-state index contributed by atoms with van der Waals surface area (Å²) in [5, 5.41) is 8.74. The van der Waals surface area contributed by atoms with Crippen molar-refractivity contribution in [2.24, 2.45) is 0 Å². The van der Waals surface area contributed by atoms with Crippen molar-refractivity contribution in [1.29, 1.82) is 0 Å². The monoisotopic (exact) mass is 565 g/mol. The molecule has 1 atom stereocenters. The third kappa shape index (κ3) is 31.2. The number of carbonyl (C=O) groups excluding carboxylic acids is 1. The molecule has 0 radical (unpaired) electrons. The molecule has 0 rings (SSSR count). The zero-order valence-corrected chi connectivity index (χ0v) is 26.9. The van der Waals surface area contributed by atoms with E-state index in [0.717, 1.165) is 70.6 Å². The van der Waals surface area contributed by atoms with Crippen LogP contribution in [-0.2, 0) is 14.3 Å². The summed E-state index contributed by atoms with van der Waals surface area (Å²) in [6.07, 6.45) is 38.0. The van der Waals surface area contributed by atoms with Crippen LogP contribution in [0.2, 0.25) is 0 Å². The van der Waals surface area contributed by atoms with Crippen molar-refractivity contribution < 1.29 is 19.4 Å². The molecular weight excluding hydrogens is 496 g/mol. The number of hydrogen-bond donors (Lipinski definition) is 1. The first-order valence-corrected chi connectivity index (χ1v) is 17.7. The van der Waals surface area contributed by atoms with Gasteiger partial charge in [0.25, 0.3) is 0 Å². The van der Waals surface area contributed by atoms with E-state index in [9.17, 15) is 9.59 Å². The van der Waals surface area contributed by atoms with Crippen LogP contribution in [0.3, 0.4) is 0 Å². The van der Waals surface area contributed by atoms with Gasteiger partial charge in [-0.15, -0.1) is 0 Å². The summed E-state index contributed by atoms with van der Waals surface area (Å²) in [5.74, 6) is -0.691. The number of ether oxygens (including phenoxy) is 1. The molecule has 0 heterocycles. The van der Waals surface area contributed by atoms with E-state index in [4.69, 9.17) is 9.84 Å². The average molecular weight is 565 g/mol. The molecular formula is C36H68O4. The molecule has 0 aromatic heterocycles. The Morgan fingerprint density at radius 3 is 1.35 bits per heavy atom. The Kier molecular flexibility index (Phi) is 31.1. The zero-order chi connectivity index (χ0) is 29.4. The number of esters is 1. The minimum atomic E-state index is -0.693. The average Bonchev–Trinajstić information content (AvgIpc) is 2.93. The quantitative estimate of drug-likeness (QED) is 0.0501. The lowest BCUT2D eigenvalue weighted by molar-refractivity contribution is -0.150. The molecule has 0 aromatic rings. The van der Waals surface area contributed by atoms with Crippen LogP contribution in [0.5, 0.6) is 0 Å².